The molecule has 2 aliphatic rings. The molecule has 8 heteroatoms. The standard InChI is InChI=1S/C31H30FN3O4/c1-31-29-27(21-10-5-7-13-24(21)33-29)22(20-11-8-14-25(38-2)28(20)39-3)17-35(31)26(36)18-34(30(31)37)16-15-19-9-4-6-12-23(19)32/h4-14,22,33H,15-18H2,1-3H3. The lowest BCUT2D eigenvalue weighted by Gasteiger charge is -2.51. The van der Waals surface area contributed by atoms with Gasteiger partial charge in [-0.1, -0.05) is 48.5 Å². The number of carbonyl (C=O) groups is 2. The smallest absolute Gasteiger partial charge is 0.254 e. The van der Waals surface area contributed by atoms with E-state index in [-0.39, 0.29) is 36.6 Å². The van der Waals surface area contributed by atoms with Gasteiger partial charge in [0.25, 0.3) is 5.91 Å². The number of hydrogen-bond donors (Lipinski definition) is 1. The first kappa shape index (κ1) is 25.0. The fraction of sp³-hybridized carbons (Fsp3) is 0.290. The summed E-state index contributed by atoms with van der Waals surface area (Å²) in [7, 11) is 3.20. The summed E-state index contributed by atoms with van der Waals surface area (Å²) in [4.78, 5) is 34.7. The maximum Gasteiger partial charge on any atom is 0.254 e. The minimum Gasteiger partial charge on any atom is -0.493 e. The molecule has 2 aliphatic heterocycles. The highest BCUT2D eigenvalue weighted by Crippen LogP contribution is 2.50. The summed E-state index contributed by atoms with van der Waals surface area (Å²) in [6, 6.07) is 20.2. The van der Waals surface area contributed by atoms with Crippen molar-refractivity contribution in [2.75, 3.05) is 33.9 Å². The summed E-state index contributed by atoms with van der Waals surface area (Å²) in [5.74, 6) is 0.309. The third kappa shape index (κ3) is 3.77. The second-order valence-electron chi connectivity index (χ2n) is 10.2. The zero-order valence-corrected chi connectivity index (χ0v) is 22.2. The molecular weight excluding hydrogens is 497 g/mol. The van der Waals surface area contributed by atoms with Gasteiger partial charge in [0.2, 0.25) is 5.91 Å². The maximum atomic E-state index is 14.3. The molecule has 7 nitrogen and oxygen atoms in total. The van der Waals surface area contributed by atoms with Gasteiger partial charge in [0.1, 0.15) is 5.82 Å². The first-order valence-electron chi connectivity index (χ1n) is 13.0. The number of para-hydroxylation sites is 2. The van der Waals surface area contributed by atoms with Crippen molar-refractivity contribution in [3.63, 3.8) is 0 Å². The molecule has 39 heavy (non-hydrogen) atoms. The highest BCUT2D eigenvalue weighted by Gasteiger charge is 2.56. The lowest BCUT2D eigenvalue weighted by molar-refractivity contribution is -0.166. The van der Waals surface area contributed by atoms with E-state index in [1.165, 1.54) is 6.07 Å². The predicted molar refractivity (Wildman–Crippen MR) is 145 cm³/mol. The van der Waals surface area contributed by atoms with Crippen LogP contribution in [0.3, 0.4) is 0 Å². The van der Waals surface area contributed by atoms with Gasteiger partial charge in [-0.05, 0) is 42.7 Å². The number of nitrogens with zero attached hydrogens (tertiary/aromatic N) is 2. The molecule has 3 heterocycles. The Labute approximate surface area is 226 Å². The highest BCUT2D eigenvalue weighted by atomic mass is 19.1. The van der Waals surface area contributed by atoms with Gasteiger partial charge in [0.05, 0.1) is 26.5 Å². The van der Waals surface area contributed by atoms with Gasteiger partial charge in [0.15, 0.2) is 17.0 Å². The molecule has 2 amide bonds. The van der Waals surface area contributed by atoms with Crippen LogP contribution < -0.4 is 9.47 Å². The van der Waals surface area contributed by atoms with Crippen LogP contribution in [0.4, 0.5) is 4.39 Å². The number of piperazine rings is 1. The van der Waals surface area contributed by atoms with E-state index in [1.807, 2.05) is 49.4 Å². The number of nitrogens with one attached hydrogen (secondary N) is 1. The Balaban J connectivity index is 1.47. The first-order valence-corrected chi connectivity index (χ1v) is 13.0. The second kappa shape index (κ2) is 9.45. The van der Waals surface area contributed by atoms with Crippen molar-refractivity contribution in [3.05, 3.63) is 94.9 Å². The Morgan fingerprint density at radius 1 is 1.00 bits per heavy atom. The molecule has 200 valence electrons. The molecule has 2 unspecified atom stereocenters. The zero-order valence-electron chi connectivity index (χ0n) is 22.2. The molecule has 3 aromatic carbocycles. The molecule has 0 spiro atoms. The molecule has 0 bridgehead atoms. The highest BCUT2D eigenvalue weighted by molar-refractivity contribution is 6.01. The van der Waals surface area contributed by atoms with Crippen LogP contribution in [0.15, 0.2) is 66.7 Å². The molecule has 6 rings (SSSR count). The van der Waals surface area contributed by atoms with E-state index in [1.54, 1.807) is 42.2 Å². The predicted octanol–water partition coefficient (Wildman–Crippen LogP) is 4.60. The summed E-state index contributed by atoms with van der Waals surface area (Å²) in [5, 5.41) is 0.993. The van der Waals surface area contributed by atoms with Gasteiger partial charge >= 0.3 is 0 Å². The number of fused-ring (bicyclic) bond motifs is 5. The number of aromatic nitrogens is 1. The monoisotopic (exact) mass is 527 g/mol. The number of benzene rings is 3. The number of ether oxygens (including phenoxy) is 2. The van der Waals surface area contributed by atoms with Crippen molar-refractivity contribution in [1.29, 1.82) is 0 Å². The summed E-state index contributed by atoms with van der Waals surface area (Å²) < 4.78 is 25.7. The van der Waals surface area contributed by atoms with Crippen molar-refractivity contribution in [2.24, 2.45) is 0 Å². The summed E-state index contributed by atoms with van der Waals surface area (Å²) in [6.07, 6.45) is 0.324. The molecule has 1 fully saturated rings. The molecule has 0 radical (unpaired) electrons. The van der Waals surface area contributed by atoms with Gasteiger partial charge < -0.3 is 24.3 Å². The van der Waals surface area contributed by atoms with Crippen LogP contribution in [-0.2, 0) is 21.5 Å². The van der Waals surface area contributed by atoms with Crippen LogP contribution in [0.5, 0.6) is 11.5 Å². The molecule has 4 aromatic rings. The lowest BCUT2D eigenvalue weighted by Crippen LogP contribution is -2.67. The van der Waals surface area contributed by atoms with Crippen molar-refractivity contribution in [1.82, 2.24) is 14.8 Å². The number of carbonyl (C=O) groups excluding carboxylic acids is 2. The number of halogens is 1. The molecule has 1 saturated heterocycles. The first-order chi connectivity index (χ1) is 18.9. The van der Waals surface area contributed by atoms with E-state index in [0.717, 1.165) is 22.0 Å². The molecule has 1 N–H and O–H groups in total. The second-order valence-corrected chi connectivity index (χ2v) is 10.2. The topological polar surface area (TPSA) is 74.9 Å². The van der Waals surface area contributed by atoms with Crippen LogP contribution in [0, 0.1) is 5.82 Å². The van der Waals surface area contributed by atoms with E-state index < -0.39 is 5.54 Å². The number of H-pyrrole nitrogens is 1. The SMILES string of the molecule is COc1cccc(C2CN3C(=O)CN(CCc4ccccc4F)C(=O)C3(C)c3[nH]c4ccccc4c32)c1OC. The Kier molecular flexibility index (Phi) is 6.05. The van der Waals surface area contributed by atoms with Crippen molar-refractivity contribution < 1.29 is 23.5 Å². The summed E-state index contributed by atoms with van der Waals surface area (Å²) in [6.45, 7) is 2.31. The number of aromatic amines is 1. The Morgan fingerprint density at radius 2 is 1.77 bits per heavy atom. The van der Waals surface area contributed by atoms with Crippen LogP contribution >= 0.6 is 0 Å². The Morgan fingerprint density at radius 3 is 2.54 bits per heavy atom. The largest absolute Gasteiger partial charge is 0.493 e. The fourth-order valence-corrected chi connectivity index (χ4v) is 6.28. The average Bonchev–Trinajstić information content (AvgIpc) is 3.35. The summed E-state index contributed by atoms with van der Waals surface area (Å²) >= 11 is 0. The Hall–Kier alpha value is -4.33. The van der Waals surface area contributed by atoms with E-state index >= 15 is 0 Å². The zero-order chi connectivity index (χ0) is 27.3. The van der Waals surface area contributed by atoms with Gasteiger partial charge in [-0.3, -0.25) is 9.59 Å². The van der Waals surface area contributed by atoms with Gasteiger partial charge in [0, 0.05) is 35.5 Å². The molecule has 0 saturated carbocycles. The number of methoxy groups -OCH3 is 2. The number of rotatable bonds is 6. The Bertz CT molecular complexity index is 1600. The maximum absolute atomic E-state index is 14.3. The van der Waals surface area contributed by atoms with Gasteiger partial charge in [-0.25, -0.2) is 4.39 Å². The third-order valence-electron chi connectivity index (χ3n) is 8.24. The minimum atomic E-state index is -1.23. The average molecular weight is 528 g/mol. The van der Waals surface area contributed by atoms with E-state index in [4.69, 9.17) is 9.47 Å². The van der Waals surface area contributed by atoms with Crippen LogP contribution in [0.25, 0.3) is 10.9 Å². The normalized spacial score (nSPS) is 20.7. The quantitative estimate of drug-likeness (QED) is 0.398. The van der Waals surface area contributed by atoms with Crippen LogP contribution in [0.1, 0.15) is 35.2 Å². The lowest BCUT2D eigenvalue weighted by atomic mass is 9.76. The molecule has 0 aliphatic carbocycles. The van der Waals surface area contributed by atoms with Crippen LogP contribution in [-0.4, -0.2) is 60.5 Å². The van der Waals surface area contributed by atoms with Crippen molar-refractivity contribution >= 4 is 22.7 Å². The van der Waals surface area contributed by atoms with Crippen molar-refractivity contribution in [3.8, 4) is 11.5 Å². The van der Waals surface area contributed by atoms with Crippen molar-refractivity contribution in [2.45, 2.75) is 24.8 Å². The van der Waals surface area contributed by atoms with E-state index in [9.17, 15) is 14.0 Å². The number of amides is 2. The van der Waals surface area contributed by atoms with Gasteiger partial charge in [-0.15, -0.1) is 0 Å². The van der Waals surface area contributed by atoms with E-state index in [0.29, 0.717) is 35.7 Å². The van der Waals surface area contributed by atoms with Crippen LogP contribution in [0.2, 0.25) is 0 Å². The molecule has 1 aromatic heterocycles. The minimum absolute atomic E-state index is 0.0552. The van der Waals surface area contributed by atoms with Gasteiger partial charge in [-0.2, -0.15) is 0 Å². The fourth-order valence-electron chi connectivity index (χ4n) is 6.28. The van der Waals surface area contributed by atoms with E-state index in [2.05, 4.69) is 4.98 Å². The molecular formula is C31H30FN3O4. The third-order valence-corrected chi connectivity index (χ3v) is 8.24. The number of hydrogen-bond acceptors (Lipinski definition) is 4. The molecule has 2 atom stereocenters. The summed E-state index contributed by atoms with van der Waals surface area (Å²) in [5.41, 5.74) is 2.71.